The molecule has 1 atom stereocenters. The molecule has 3 aromatic heterocycles. The summed E-state index contributed by atoms with van der Waals surface area (Å²) in [6.45, 7) is -0.319. The van der Waals surface area contributed by atoms with Crippen LogP contribution in [0.1, 0.15) is 34.4 Å². The number of ether oxygens (including phenoxy) is 1. The van der Waals surface area contributed by atoms with Gasteiger partial charge in [-0.3, -0.25) is 9.59 Å². The maximum Gasteiger partial charge on any atom is 0.306 e. The number of hydrogen-bond acceptors (Lipinski definition) is 7. The molecule has 28 heavy (non-hydrogen) atoms. The number of rotatable bonds is 7. The van der Waals surface area contributed by atoms with Gasteiger partial charge in [-0.15, -0.1) is 22.7 Å². The van der Waals surface area contributed by atoms with Gasteiger partial charge in [-0.2, -0.15) is 5.10 Å². The standard InChI is InChI=1S/C20H18N2O4S2/c23-19(13-26-20(24)8-7-14-4-1-9-25-14)22-16(18-6-3-11-28-18)12-15(21-22)17-5-2-10-27-17/h1-6,9-11,16H,7-8,12-13H2. The summed E-state index contributed by atoms with van der Waals surface area (Å²) in [5.41, 5.74) is 0.880. The van der Waals surface area contributed by atoms with Crippen molar-refractivity contribution in [2.75, 3.05) is 6.61 Å². The van der Waals surface area contributed by atoms with E-state index in [1.54, 1.807) is 41.1 Å². The Morgan fingerprint density at radius 2 is 2.04 bits per heavy atom. The van der Waals surface area contributed by atoms with Gasteiger partial charge in [-0.25, -0.2) is 5.01 Å². The van der Waals surface area contributed by atoms with Gasteiger partial charge in [-0.05, 0) is 35.0 Å². The van der Waals surface area contributed by atoms with Gasteiger partial charge in [0.2, 0.25) is 0 Å². The third-order valence-corrected chi connectivity index (χ3v) is 6.25. The van der Waals surface area contributed by atoms with Crippen LogP contribution in [0.3, 0.4) is 0 Å². The Morgan fingerprint density at radius 3 is 2.75 bits per heavy atom. The number of thiophene rings is 2. The maximum atomic E-state index is 12.7. The molecule has 1 aliphatic heterocycles. The van der Waals surface area contributed by atoms with E-state index in [-0.39, 0.29) is 25.0 Å². The molecule has 0 spiro atoms. The maximum absolute atomic E-state index is 12.7. The van der Waals surface area contributed by atoms with Crippen LogP contribution in [-0.4, -0.2) is 29.2 Å². The zero-order valence-electron chi connectivity index (χ0n) is 14.9. The van der Waals surface area contributed by atoms with Gasteiger partial charge in [0.05, 0.1) is 29.3 Å². The van der Waals surface area contributed by atoms with E-state index in [1.165, 1.54) is 5.01 Å². The van der Waals surface area contributed by atoms with E-state index in [0.29, 0.717) is 18.6 Å². The summed E-state index contributed by atoms with van der Waals surface area (Å²) in [7, 11) is 0. The van der Waals surface area contributed by atoms with Gasteiger partial charge >= 0.3 is 5.97 Å². The molecule has 4 rings (SSSR count). The molecule has 1 unspecified atom stereocenters. The van der Waals surface area contributed by atoms with E-state index in [4.69, 9.17) is 9.15 Å². The Hall–Kier alpha value is -2.71. The average Bonchev–Trinajstić information content (AvgIpc) is 3.50. The van der Waals surface area contributed by atoms with Crippen molar-refractivity contribution >= 4 is 40.3 Å². The number of amides is 1. The van der Waals surface area contributed by atoms with Crippen molar-refractivity contribution in [3.8, 4) is 0 Å². The predicted octanol–water partition coefficient (Wildman–Crippen LogP) is 4.26. The molecule has 3 aromatic rings. The van der Waals surface area contributed by atoms with E-state index >= 15 is 0 Å². The lowest BCUT2D eigenvalue weighted by Gasteiger charge is -2.20. The van der Waals surface area contributed by atoms with E-state index in [9.17, 15) is 9.59 Å². The van der Waals surface area contributed by atoms with Crippen LogP contribution in [-0.2, 0) is 20.7 Å². The van der Waals surface area contributed by atoms with Crippen molar-refractivity contribution in [3.05, 3.63) is 68.9 Å². The summed E-state index contributed by atoms with van der Waals surface area (Å²) >= 11 is 3.19. The lowest BCUT2D eigenvalue weighted by Crippen LogP contribution is -2.31. The minimum absolute atomic E-state index is 0.161. The Kier molecular flexibility index (Phi) is 5.68. The second-order valence-electron chi connectivity index (χ2n) is 6.24. The number of aryl methyl sites for hydroxylation is 1. The monoisotopic (exact) mass is 414 g/mol. The molecule has 8 heteroatoms. The zero-order chi connectivity index (χ0) is 19.3. The first kappa shape index (κ1) is 18.6. The van der Waals surface area contributed by atoms with Gasteiger partial charge in [0, 0.05) is 17.7 Å². The molecule has 0 saturated carbocycles. The first-order valence-electron chi connectivity index (χ1n) is 8.85. The molecule has 0 bridgehead atoms. The minimum atomic E-state index is -0.431. The predicted molar refractivity (Wildman–Crippen MR) is 107 cm³/mol. The third kappa shape index (κ3) is 4.23. The summed E-state index contributed by atoms with van der Waals surface area (Å²) in [5, 5.41) is 9.97. The quantitative estimate of drug-likeness (QED) is 0.542. The van der Waals surface area contributed by atoms with Crippen molar-refractivity contribution in [1.29, 1.82) is 0 Å². The first-order valence-corrected chi connectivity index (χ1v) is 10.6. The molecule has 0 N–H and O–H groups in total. The van der Waals surface area contributed by atoms with Gasteiger partial charge in [0.15, 0.2) is 6.61 Å². The number of nitrogens with zero attached hydrogens (tertiary/aromatic N) is 2. The fraction of sp³-hybridized carbons (Fsp3) is 0.250. The summed E-state index contributed by atoms with van der Waals surface area (Å²) in [6, 6.07) is 11.3. The third-order valence-electron chi connectivity index (χ3n) is 4.36. The molecule has 0 aliphatic carbocycles. The highest BCUT2D eigenvalue weighted by Gasteiger charge is 2.34. The smallest absolute Gasteiger partial charge is 0.306 e. The van der Waals surface area contributed by atoms with Gasteiger partial charge in [0.1, 0.15) is 5.76 Å². The van der Waals surface area contributed by atoms with Gasteiger partial charge in [0.25, 0.3) is 5.91 Å². The molecule has 1 amide bonds. The number of hydrogen-bond donors (Lipinski definition) is 0. The first-order chi connectivity index (χ1) is 13.7. The van der Waals surface area contributed by atoms with Crippen LogP contribution in [0.5, 0.6) is 0 Å². The molecule has 144 valence electrons. The van der Waals surface area contributed by atoms with Crippen molar-refractivity contribution in [2.45, 2.75) is 25.3 Å². The number of carbonyl (C=O) groups is 2. The largest absolute Gasteiger partial charge is 0.469 e. The van der Waals surface area contributed by atoms with E-state index < -0.39 is 5.97 Å². The molecule has 0 saturated heterocycles. The SMILES string of the molecule is O=C(CCc1ccco1)OCC(=O)N1N=C(c2cccs2)CC1c1cccs1. The van der Waals surface area contributed by atoms with Crippen molar-refractivity contribution < 1.29 is 18.7 Å². The Bertz CT molecular complexity index is 947. The summed E-state index contributed by atoms with van der Waals surface area (Å²) in [4.78, 5) is 26.8. The lowest BCUT2D eigenvalue weighted by molar-refractivity contribution is -0.152. The van der Waals surface area contributed by atoms with E-state index in [2.05, 4.69) is 5.10 Å². The molecule has 0 fully saturated rings. The van der Waals surface area contributed by atoms with Crippen LogP contribution < -0.4 is 0 Å². The average molecular weight is 415 g/mol. The normalized spacial score (nSPS) is 16.2. The number of hydrazone groups is 1. The van der Waals surface area contributed by atoms with Crippen LogP contribution in [0.2, 0.25) is 0 Å². The van der Waals surface area contributed by atoms with Gasteiger partial charge in [-0.1, -0.05) is 12.1 Å². The van der Waals surface area contributed by atoms with Gasteiger partial charge < -0.3 is 9.15 Å². The highest BCUT2D eigenvalue weighted by Crippen LogP contribution is 2.35. The fourth-order valence-corrected chi connectivity index (χ4v) is 4.53. The summed E-state index contributed by atoms with van der Waals surface area (Å²) in [6.07, 6.45) is 2.83. The second kappa shape index (κ2) is 8.53. The highest BCUT2D eigenvalue weighted by molar-refractivity contribution is 7.12. The Balaban J connectivity index is 1.39. The van der Waals surface area contributed by atoms with E-state index in [0.717, 1.165) is 15.5 Å². The minimum Gasteiger partial charge on any atom is -0.469 e. The fourth-order valence-electron chi connectivity index (χ4n) is 3.00. The van der Waals surface area contributed by atoms with Crippen LogP contribution in [0.15, 0.2) is 62.9 Å². The molecule has 4 heterocycles. The Labute approximate surface area is 170 Å². The molecule has 1 aliphatic rings. The number of furan rings is 1. The molecule has 0 radical (unpaired) electrons. The van der Waals surface area contributed by atoms with Crippen molar-refractivity contribution in [3.63, 3.8) is 0 Å². The topological polar surface area (TPSA) is 72.1 Å². The summed E-state index contributed by atoms with van der Waals surface area (Å²) < 4.78 is 10.4. The number of esters is 1. The van der Waals surface area contributed by atoms with Crippen LogP contribution >= 0.6 is 22.7 Å². The number of carbonyl (C=O) groups excluding carboxylic acids is 2. The molecular weight excluding hydrogens is 396 g/mol. The zero-order valence-corrected chi connectivity index (χ0v) is 16.6. The highest BCUT2D eigenvalue weighted by atomic mass is 32.1. The van der Waals surface area contributed by atoms with Crippen LogP contribution in [0, 0.1) is 0 Å². The van der Waals surface area contributed by atoms with Crippen molar-refractivity contribution in [1.82, 2.24) is 5.01 Å². The second-order valence-corrected chi connectivity index (χ2v) is 8.16. The van der Waals surface area contributed by atoms with Crippen molar-refractivity contribution in [2.24, 2.45) is 5.10 Å². The Morgan fingerprint density at radius 1 is 1.18 bits per heavy atom. The molecular formula is C20H18N2O4S2. The summed E-state index contributed by atoms with van der Waals surface area (Å²) in [5.74, 6) is -0.0406. The lowest BCUT2D eigenvalue weighted by atomic mass is 10.1. The van der Waals surface area contributed by atoms with Crippen LogP contribution in [0.4, 0.5) is 0 Å². The molecule has 0 aromatic carbocycles. The van der Waals surface area contributed by atoms with Crippen LogP contribution in [0.25, 0.3) is 0 Å². The van der Waals surface area contributed by atoms with E-state index in [1.807, 2.05) is 35.0 Å². The molecule has 6 nitrogen and oxygen atoms in total.